The number of nitrogens with zero attached hydrogens (tertiary/aromatic N) is 2. The van der Waals surface area contributed by atoms with Crippen molar-refractivity contribution in [1.82, 2.24) is 9.97 Å². The van der Waals surface area contributed by atoms with Crippen molar-refractivity contribution in [3.63, 3.8) is 0 Å². The van der Waals surface area contributed by atoms with E-state index in [0.717, 1.165) is 20.7 Å². The predicted molar refractivity (Wildman–Crippen MR) is 86.0 cm³/mol. The van der Waals surface area contributed by atoms with E-state index in [4.69, 9.17) is 10.7 Å². The standard InChI is InChI=1S/C15H16IN3/c1-8-4-3-5-11(9(8)2)15-18-13(10-6-7-10)12(16)14(17)19-15/h3-5,10H,6-7H2,1-2H3,(H2,17,18,19). The van der Waals surface area contributed by atoms with E-state index in [0.29, 0.717) is 11.7 Å². The third-order valence-corrected chi connectivity index (χ3v) is 4.82. The summed E-state index contributed by atoms with van der Waals surface area (Å²) in [5.74, 6) is 1.95. The van der Waals surface area contributed by atoms with E-state index < -0.39 is 0 Å². The number of aromatic nitrogens is 2. The molecule has 1 aromatic carbocycles. The van der Waals surface area contributed by atoms with Crippen molar-refractivity contribution in [2.45, 2.75) is 32.6 Å². The summed E-state index contributed by atoms with van der Waals surface area (Å²) in [6, 6.07) is 6.23. The summed E-state index contributed by atoms with van der Waals surface area (Å²) in [4.78, 5) is 9.24. The van der Waals surface area contributed by atoms with E-state index in [1.165, 1.54) is 24.0 Å². The van der Waals surface area contributed by atoms with E-state index in [1.807, 2.05) is 6.07 Å². The van der Waals surface area contributed by atoms with Crippen LogP contribution in [0.3, 0.4) is 0 Å². The van der Waals surface area contributed by atoms with Crippen molar-refractivity contribution >= 4 is 28.4 Å². The summed E-state index contributed by atoms with van der Waals surface area (Å²) in [7, 11) is 0. The van der Waals surface area contributed by atoms with Crippen LogP contribution in [0.4, 0.5) is 5.82 Å². The first-order valence-corrected chi connectivity index (χ1v) is 7.55. The predicted octanol–water partition coefficient (Wildman–Crippen LogP) is 3.82. The van der Waals surface area contributed by atoms with Crippen molar-refractivity contribution in [3.8, 4) is 11.4 Å². The summed E-state index contributed by atoms with van der Waals surface area (Å²) < 4.78 is 1.02. The van der Waals surface area contributed by atoms with Gasteiger partial charge in [-0.25, -0.2) is 9.97 Å². The SMILES string of the molecule is Cc1cccc(-c2nc(N)c(I)c(C3CC3)n2)c1C. The Kier molecular flexibility index (Phi) is 3.20. The molecule has 0 atom stereocenters. The molecule has 1 aliphatic carbocycles. The molecule has 2 aromatic rings. The second kappa shape index (κ2) is 4.74. The van der Waals surface area contributed by atoms with Gasteiger partial charge in [0.1, 0.15) is 5.82 Å². The summed E-state index contributed by atoms with van der Waals surface area (Å²) in [5.41, 5.74) is 10.8. The third-order valence-electron chi connectivity index (χ3n) is 3.71. The van der Waals surface area contributed by atoms with Crippen molar-refractivity contribution < 1.29 is 0 Å². The van der Waals surface area contributed by atoms with Crippen LogP contribution in [0.5, 0.6) is 0 Å². The van der Waals surface area contributed by atoms with Gasteiger partial charge in [0.2, 0.25) is 0 Å². The topological polar surface area (TPSA) is 51.8 Å². The van der Waals surface area contributed by atoms with Crippen LogP contribution in [-0.2, 0) is 0 Å². The highest BCUT2D eigenvalue weighted by atomic mass is 127. The van der Waals surface area contributed by atoms with Crippen LogP contribution < -0.4 is 5.73 Å². The quantitative estimate of drug-likeness (QED) is 0.824. The molecule has 1 aromatic heterocycles. The van der Waals surface area contributed by atoms with Gasteiger partial charge in [-0.1, -0.05) is 18.2 Å². The summed E-state index contributed by atoms with van der Waals surface area (Å²) in [5, 5.41) is 0. The Morgan fingerprint density at radius 1 is 1.21 bits per heavy atom. The van der Waals surface area contributed by atoms with Crippen molar-refractivity contribution in [3.05, 3.63) is 38.6 Å². The van der Waals surface area contributed by atoms with E-state index in [-0.39, 0.29) is 0 Å². The summed E-state index contributed by atoms with van der Waals surface area (Å²) >= 11 is 2.26. The third kappa shape index (κ3) is 2.33. The van der Waals surface area contributed by atoms with Crippen LogP contribution >= 0.6 is 22.6 Å². The molecule has 1 heterocycles. The Bertz CT molecular complexity index is 648. The van der Waals surface area contributed by atoms with Gasteiger partial charge in [-0.3, -0.25) is 0 Å². The second-order valence-electron chi connectivity index (χ2n) is 5.15. The minimum absolute atomic E-state index is 0.584. The van der Waals surface area contributed by atoms with Crippen LogP contribution in [0.25, 0.3) is 11.4 Å². The summed E-state index contributed by atoms with van der Waals surface area (Å²) in [6.45, 7) is 4.22. The normalized spacial score (nSPS) is 14.7. The lowest BCUT2D eigenvalue weighted by Gasteiger charge is -2.11. The van der Waals surface area contributed by atoms with E-state index in [9.17, 15) is 0 Å². The van der Waals surface area contributed by atoms with Gasteiger partial charge in [0.05, 0.1) is 9.26 Å². The fraction of sp³-hybridized carbons (Fsp3) is 0.333. The molecule has 1 fully saturated rings. The fourth-order valence-electron chi connectivity index (χ4n) is 2.22. The van der Waals surface area contributed by atoms with Gasteiger partial charge in [-0.15, -0.1) is 0 Å². The zero-order chi connectivity index (χ0) is 13.6. The van der Waals surface area contributed by atoms with Gasteiger partial charge in [0.15, 0.2) is 5.82 Å². The highest BCUT2D eigenvalue weighted by Gasteiger charge is 2.29. The lowest BCUT2D eigenvalue weighted by molar-refractivity contribution is 0.981. The Hall–Kier alpha value is -1.17. The van der Waals surface area contributed by atoms with E-state index in [2.05, 4.69) is 53.6 Å². The largest absolute Gasteiger partial charge is 0.383 e. The molecule has 19 heavy (non-hydrogen) atoms. The van der Waals surface area contributed by atoms with E-state index in [1.54, 1.807) is 0 Å². The molecule has 0 bridgehead atoms. The number of halogens is 1. The van der Waals surface area contributed by atoms with Crippen LogP contribution in [0, 0.1) is 17.4 Å². The van der Waals surface area contributed by atoms with Crippen LogP contribution in [0.1, 0.15) is 35.6 Å². The number of aryl methyl sites for hydroxylation is 1. The number of rotatable bonds is 2. The molecule has 0 aliphatic heterocycles. The van der Waals surface area contributed by atoms with Crippen LogP contribution in [0.15, 0.2) is 18.2 Å². The Morgan fingerprint density at radius 3 is 2.63 bits per heavy atom. The molecule has 0 amide bonds. The lowest BCUT2D eigenvalue weighted by Crippen LogP contribution is -2.05. The lowest BCUT2D eigenvalue weighted by atomic mass is 10.0. The van der Waals surface area contributed by atoms with Gasteiger partial charge in [-0.05, 0) is 60.4 Å². The highest BCUT2D eigenvalue weighted by Crippen LogP contribution is 2.42. The molecule has 0 unspecified atom stereocenters. The molecule has 0 radical (unpaired) electrons. The molecular weight excluding hydrogens is 349 g/mol. The Morgan fingerprint density at radius 2 is 1.95 bits per heavy atom. The maximum absolute atomic E-state index is 6.05. The van der Waals surface area contributed by atoms with Crippen molar-refractivity contribution in [1.29, 1.82) is 0 Å². The molecular formula is C15H16IN3. The monoisotopic (exact) mass is 365 g/mol. The van der Waals surface area contributed by atoms with Crippen molar-refractivity contribution in [2.75, 3.05) is 5.73 Å². The first-order chi connectivity index (χ1) is 9.08. The van der Waals surface area contributed by atoms with Crippen molar-refractivity contribution in [2.24, 2.45) is 0 Å². The van der Waals surface area contributed by atoms with Gasteiger partial charge in [0.25, 0.3) is 0 Å². The number of nitrogens with two attached hydrogens (primary N) is 1. The van der Waals surface area contributed by atoms with Crippen LogP contribution in [0.2, 0.25) is 0 Å². The molecule has 1 aliphatic rings. The van der Waals surface area contributed by atoms with Crippen LogP contribution in [-0.4, -0.2) is 9.97 Å². The Labute approximate surface area is 126 Å². The first-order valence-electron chi connectivity index (χ1n) is 6.47. The summed E-state index contributed by atoms with van der Waals surface area (Å²) in [6.07, 6.45) is 2.44. The average Bonchev–Trinajstić information content (AvgIpc) is 3.20. The number of nitrogen functional groups attached to an aromatic ring is 1. The minimum atomic E-state index is 0.584. The highest BCUT2D eigenvalue weighted by molar-refractivity contribution is 14.1. The second-order valence-corrected chi connectivity index (χ2v) is 6.23. The fourth-order valence-corrected chi connectivity index (χ4v) is 2.91. The molecule has 3 rings (SSSR count). The van der Waals surface area contributed by atoms with Gasteiger partial charge >= 0.3 is 0 Å². The maximum atomic E-state index is 6.05. The Balaban J connectivity index is 2.17. The number of anilines is 1. The minimum Gasteiger partial charge on any atom is -0.383 e. The molecule has 3 nitrogen and oxygen atoms in total. The zero-order valence-electron chi connectivity index (χ0n) is 11.1. The molecule has 0 saturated heterocycles. The average molecular weight is 365 g/mol. The number of benzene rings is 1. The molecule has 0 spiro atoms. The molecule has 4 heteroatoms. The number of hydrogen-bond acceptors (Lipinski definition) is 3. The van der Waals surface area contributed by atoms with Gasteiger partial charge in [-0.2, -0.15) is 0 Å². The smallest absolute Gasteiger partial charge is 0.162 e. The van der Waals surface area contributed by atoms with Gasteiger partial charge in [0, 0.05) is 11.5 Å². The molecule has 1 saturated carbocycles. The van der Waals surface area contributed by atoms with E-state index >= 15 is 0 Å². The zero-order valence-corrected chi connectivity index (χ0v) is 13.2. The molecule has 98 valence electrons. The number of hydrogen-bond donors (Lipinski definition) is 1. The van der Waals surface area contributed by atoms with Gasteiger partial charge < -0.3 is 5.73 Å². The maximum Gasteiger partial charge on any atom is 0.162 e. The first kappa shape index (κ1) is 12.8. The molecule has 2 N–H and O–H groups in total.